The van der Waals surface area contributed by atoms with Crippen LogP contribution in [-0.4, -0.2) is 66.5 Å². The Kier molecular flexibility index (Phi) is 53.4. The van der Waals surface area contributed by atoms with Gasteiger partial charge < -0.3 is 24.2 Å². The number of esters is 3. The lowest BCUT2D eigenvalue weighted by atomic mass is 10.0. The number of hydrogen-bond acceptors (Lipinski definition) is 10. The third kappa shape index (κ3) is 53.5. The lowest BCUT2D eigenvalue weighted by molar-refractivity contribution is -0.161. The van der Waals surface area contributed by atoms with Crippen LogP contribution in [0.3, 0.4) is 0 Å². The molecule has 0 aromatic rings. The predicted octanol–water partition coefficient (Wildman–Crippen LogP) is 17.5. The first-order valence-electron chi connectivity index (χ1n) is 29.5. The Balaban J connectivity index is 4.78. The summed E-state index contributed by atoms with van der Waals surface area (Å²) in [7, 11) is -4.76. The molecule has 0 aliphatic rings. The second-order valence-electron chi connectivity index (χ2n) is 19.4. The molecule has 0 aromatic heterocycles. The van der Waals surface area contributed by atoms with Crippen molar-refractivity contribution < 1.29 is 52.2 Å². The third-order valence-electron chi connectivity index (χ3n) is 12.3. The SMILES string of the molecule is CC/C=C\C/C=C\C/C=C\C/C=C\C/C=C\CCCCCC(=O)OC(COC(=O)CCCCCCCCCCCCCCC)COP(=O)(O)OCC(CO)OC(=O)CCCCCCC/C=C\C/C=C\CCCCC. The van der Waals surface area contributed by atoms with Crippen molar-refractivity contribution in [3.8, 4) is 0 Å². The molecule has 0 aliphatic heterocycles. The van der Waals surface area contributed by atoms with Crippen LogP contribution in [0.4, 0.5) is 0 Å². The summed E-state index contributed by atoms with van der Waals surface area (Å²) in [5.41, 5.74) is 0. The zero-order chi connectivity index (χ0) is 54.1. The van der Waals surface area contributed by atoms with Gasteiger partial charge >= 0.3 is 25.7 Å². The number of unbranched alkanes of at least 4 members (excludes halogenated alkanes) is 23. The molecule has 0 radical (unpaired) electrons. The summed E-state index contributed by atoms with van der Waals surface area (Å²) < 4.78 is 39.5. The van der Waals surface area contributed by atoms with Crippen LogP contribution >= 0.6 is 7.82 Å². The first kappa shape index (κ1) is 70.7. The van der Waals surface area contributed by atoms with Crippen molar-refractivity contribution in [1.29, 1.82) is 0 Å². The molecule has 0 amide bonds. The van der Waals surface area contributed by atoms with Crippen LogP contribution in [0.25, 0.3) is 0 Å². The van der Waals surface area contributed by atoms with E-state index in [2.05, 4.69) is 106 Å². The van der Waals surface area contributed by atoms with E-state index in [-0.39, 0.29) is 25.9 Å². The standard InChI is InChI=1S/C62H107O11P/c1-4-7-10-13-16-19-22-25-27-28-29-30-32-35-38-41-44-47-50-53-62(66)73-59(55-69-60(64)51-48-45-42-39-36-33-24-21-18-15-12-9-6-3)57-71-74(67,68)70-56-58(54-63)72-61(65)52-49-46-43-40-37-34-31-26-23-20-17-14-11-8-5-2/h7,10,16-17,19-20,25-27,29-31,35,38,58-59,63H,4-6,8-9,11-15,18,21-24,28,32-34,36-37,39-57H2,1-3H3,(H,67,68)/b10-7-,19-16-,20-17-,27-25-,30-29-,31-26-,38-35-. The van der Waals surface area contributed by atoms with E-state index in [9.17, 15) is 28.9 Å². The van der Waals surface area contributed by atoms with Crippen molar-refractivity contribution in [1.82, 2.24) is 0 Å². The molecule has 0 aliphatic carbocycles. The van der Waals surface area contributed by atoms with E-state index in [4.69, 9.17) is 23.3 Å². The molecule has 3 atom stereocenters. The van der Waals surface area contributed by atoms with Gasteiger partial charge in [-0.3, -0.25) is 23.4 Å². The van der Waals surface area contributed by atoms with Gasteiger partial charge in [-0.2, -0.15) is 0 Å². The van der Waals surface area contributed by atoms with E-state index in [1.165, 1.54) is 77.0 Å². The zero-order valence-electron chi connectivity index (χ0n) is 47.0. The Labute approximate surface area is 451 Å². The van der Waals surface area contributed by atoms with Crippen LogP contribution in [0, 0.1) is 0 Å². The maximum atomic E-state index is 12.9. The number of carbonyl (C=O) groups is 3. The van der Waals surface area contributed by atoms with Gasteiger partial charge in [0.25, 0.3) is 0 Å². The molecule has 3 unspecified atom stereocenters. The minimum atomic E-state index is -4.76. The molecule has 0 rings (SSSR count). The molecule has 0 bridgehead atoms. The number of rotatable bonds is 54. The number of hydrogen-bond donors (Lipinski definition) is 2. The van der Waals surface area contributed by atoms with E-state index in [0.717, 1.165) is 116 Å². The Morgan fingerprint density at radius 2 is 0.703 bits per heavy atom. The summed E-state index contributed by atoms with van der Waals surface area (Å²) in [6.07, 6.45) is 63.9. The molecule has 11 nitrogen and oxygen atoms in total. The lowest BCUT2D eigenvalue weighted by Gasteiger charge is -2.21. The molecule has 0 saturated carbocycles. The topological polar surface area (TPSA) is 155 Å². The van der Waals surface area contributed by atoms with Crippen molar-refractivity contribution >= 4 is 25.7 Å². The lowest BCUT2D eigenvalue weighted by Crippen LogP contribution is -2.30. The molecular formula is C62H107O11P. The summed E-state index contributed by atoms with van der Waals surface area (Å²) in [6, 6.07) is 0. The molecule has 0 saturated heterocycles. The van der Waals surface area contributed by atoms with Crippen molar-refractivity contribution in [2.45, 2.75) is 264 Å². The second-order valence-corrected chi connectivity index (χ2v) is 20.9. The fraction of sp³-hybridized carbons (Fsp3) is 0.726. The molecule has 0 heterocycles. The van der Waals surface area contributed by atoms with E-state index in [1.807, 2.05) is 0 Å². The van der Waals surface area contributed by atoms with Gasteiger partial charge in [-0.25, -0.2) is 4.57 Å². The van der Waals surface area contributed by atoms with Gasteiger partial charge in [-0.1, -0.05) is 221 Å². The summed E-state index contributed by atoms with van der Waals surface area (Å²) in [5.74, 6) is -1.51. The van der Waals surface area contributed by atoms with Crippen molar-refractivity contribution in [3.05, 3.63) is 85.1 Å². The van der Waals surface area contributed by atoms with Gasteiger partial charge in [0.15, 0.2) is 6.10 Å². The van der Waals surface area contributed by atoms with Gasteiger partial charge in [0, 0.05) is 19.3 Å². The van der Waals surface area contributed by atoms with E-state index in [0.29, 0.717) is 19.3 Å². The highest BCUT2D eigenvalue weighted by atomic mass is 31.2. The smallest absolute Gasteiger partial charge is 0.462 e. The van der Waals surface area contributed by atoms with Gasteiger partial charge in [0.1, 0.15) is 12.7 Å². The number of phosphoric acid groups is 1. The van der Waals surface area contributed by atoms with Crippen LogP contribution in [0.15, 0.2) is 85.1 Å². The van der Waals surface area contributed by atoms with Gasteiger partial charge in [0.2, 0.25) is 0 Å². The third-order valence-corrected chi connectivity index (χ3v) is 13.3. The van der Waals surface area contributed by atoms with Gasteiger partial charge in [0.05, 0.1) is 19.8 Å². The first-order valence-corrected chi connectivity index (χ1v) is 31.0. The van der Waals surface area contributed by atoms with Gasteiger partial charge in [-0.05, 0) is 96.3 Å². The average molecular weight is 1060 g/mol. The highest BCUT2D eigenvalue weighted by molar-refractivity contribution is 7.47. The molecule has 12 heteroatoms. The fourth-order valence-corrected chi connectivity index (χ4v) is 8.61. The van der Waals surface area contributed by atoms with E-state index < -0.39 is 57.8 Å². The van der Waals surface area contributed by atoms with Crippen molar-refractivity contribution in [3.63, 3.8) is 0 Å². The highest BCUT2D eigenvalue weighted by Gasteiger charge is 2.28. The minimum Gasteiger partial charge on any atom is -0.462 e. The molecule has 426 valence electrons. The molecule has 74 heavy (non-hydrogen) atoms. The summed E-state index contributed by atoms with van der Waals surface area (Å²) in [6.45, 7) is 4.46. The Bertz CT molecular complexity index is 1560. The number of aliphatic hydroxyl groups excluding tert-OH is 1. The Hall–Kier alpha value is -3.34. The number of ether oxygens (including phenoxy) is 3. The molecule has 0 spiro atoms. The summed E-state index contributed by atoms with van der Waals surface area (Å²) in [4.78, 5) is 48.6. The number of phosphoric ester groups is 1. The Morgan fingerprint density at radius 3 is 1.12 bits per heavy atom. The largest absolute Gasteiger partial charge is 0.472 e. The monoisotopic (exact) mass is 1060 g/mol. The minimum absolute atomic E-state index is 0.126. The van der Waals surface area contributed by atoms with Crippen molar-refractivity contribution in [2.24, 2.45) is 0 Å². The van der Waals surface area contributed by atoms with Crippen LogP contribution in [0.2, 0.25) is 0 Å². The van der Waals surface area contributed by atoms with E-state index in [1.54, 1.807) is 0 Å². The molecule has 2 N–H and O–H groups in total. The molecule has 0 fully saturated rings. The second kappa shape index (κ2) is 55.9. The molecular weight excluding hydrogens is 952 g/mol. The first-order chi connectivity index (χ1) is 36.2. The average Bonchev–Trinajstić information content (AvgIpc) is 3.39. The zero-order valence-corrected chi connectivity index (χ0v) is 47.9. The quantitative estimate of drug-likeness (QED) is 0.0197. The van der Waals surface area contributed by atoms with Crippen LogP contribution in [-0.2, 0) is 42.2 Å². The number of carbonyl (C=O) groups excluding carboxylic acids is 3. The van der Waals surface area contributed by atoms with Crippen molar-refractivity contribution in [2.75, 3.05) is 26.4 Å². The molecule has 0 aromatic carbocycles. The van der Waals surface area contributed by atoms with Crippen LogP contribution < -0.4 is 0 Å². The van der Waals surface area contributed by atoms with E-state index >= 15 is 0 Å². The highest BCUT2D eigenvalue weighted by Crippen LogP contribution is 2.43. The number of aliphatic hydroxyl groups is 1. The van der Waals surface area contributed by atoms with Gasteiger partial charge in [-0.15, -0.1) is 0 Å². The number of allylic oxidation sites excluding steroid dienone is 14. The predicted molar refractivity (Wildman–Crippen MR) is 307 cm³/mol. The van der Waals surface area contributed by atoms with Crippen LogP contribution in [0.1, 0.15) is 252 Å². The Morgan fingerprint density at radius 1 is 0.392 bits per heavy atom. The summed E-state index contributed by atoms with van der Waals surface area (Å²) >= 11 is 0. The normalized spacial score (nSPS) is 14.0. The maximum absolute atomic E-state index is 12.9. The maximum Gasteiger partial charge on any atom is 0.472 e. The van der Waals surface area contributed by atoms with Crippen LogP contribution in [0.5, 0.6) is 0 Å². The summed E-state index contributed by atoms with van der Waals surface area (Å²) in [5, 5.41) is 9.82. The fourth-order valence-electron chi connectivity index (χ4n) is 7.82.